The molecular formula is C26H30N2O2. The van der Waals surface area contributed by atoms with E-state index in [9.17, 15) is 4.79 Å². The molecule has 3 rings (SSSR count). The number of benzene rings is 3. The Bertz CT molecular complexity index is 867. The quantitative estimate of drug-likeness (QED) is 0.473. The molecule has 0 aliphatic heterocycles. The molecule has 156 valence electrons. The lowest BCUT2D eigenvalue weighted by atomic mass is 10.0. The maximum atomic E-state index is 13.0. The number of carbonyl (C=O) groups is 1. The summed E-state index contributed by atoms with van der Waals surface area (Å²) < 4.78 is 5.91. The van der Waals surface area contributed by atoms with Crippen molar-refractivity contribution in [2.75, 3.05) is 0 Å². The van der Waals surface area contributed by atoms with E-state index in [4.69, 9.17) is 4.74 Å². The molecule has 2 amide bonds. The Morgan fingerprint density at radius 1 is 0.800 bits per heavy atom. The van der Waals surface area contributed by atoms with Gasteiger partial charge in [0.15, 0.2) is 6.23 Å². The monoisotopic (exact) mass is 402 g/mol. The fourth-order valence-electron chi connectivity index (χ4n) is 3.24. The molecule has 0 spiro atoms. The molecule has 0 aliphatic carbocycles. The van der Waals surface area contributed by atoms with Gasteiger partial charge in [-0.05, 0) is 41.7 Å². The van der Waals surface area contributed by atoms with Crippen LogP contribution >= 0.6 is 0 Å². The summed E-state index contributed by atoms with van der Waals surface area (Å²) in [6.45, 7) is 7.21. The summed E-state index contributed by atoms with van der Waals surface area (Å²) in [5.74, 6) is 1.21. The zero-order chi connectivity index (χ0) is 21.3. The van der Waals surface area contributed by atoms with E-state index in [1.807, 2.05) is 79.7 Å². The zero-order valence-electron chi connectivity index (χ0n) is 17.9. The van der Waals surface area contributed by atoms with Crippen molar-refractivity contribution in [3.63, 3.8) is 0 Å². The van der Waals surface area contributed by atoms with E-state index in [0.717, 1.165) is 16.9 Å². The molecule has 0 saturated heterocycles. The van der Waals surface area contributed by atoms with Crippen molar-refractivity contribution < 1.29 is 9.53 Å². The van der Waals surface area contributed by atoms with Crippen LogP contribution in [0.15, 0.2) is 84.9 Å². The number of nitrogens with zero attached hydrogens (tertiary/aromatic N) is 1. The summed E-state index contributed by atoms with van der Waals surface area (Å²) in [5.41, 5.74) is 3.43. The molecule has 0 heterocycles. The first-order chi connectivity index (χ1) is 14.5. The summed E-state index contributed by atoms with van der Waals surface area (Å²) in [6.07, 6.45) is -0.448. The number of carbonyl (C=O) groups excluding carboxylic acids is 1. The van der Waals surface area contributed by atoms with Crippen LogP contribution in [-0.2, 0) is 13.1 Å². The van der Waals surface area contributed by atoms with Gasteiger partial charge >= 0.3 is 6.03 Å². The van der Waals surface area contributed by atoms with Gasteiger partial charge < -0.3 is 15.0 Å². The molecular weight excluding hydrogens is 372 g/mol. The van der Waals surface area contributed by atoms with E-state index in [1.54, 1.807) is 4.90 Å². The molecule has 1 unspecified atom stereocenters. The molecule has 0 fully saturated rings. The number of hydrogen-bond acceptors (Lipinski definition) is 2. The summed E-state index contributed by atoms with van der Waals surface area (Å²) in [5, 5.41) is 2.97. The highest BCUT2D eigenvalue weighted by atomic mass is 16.5. The Labute approximate surface area is 179 Å². The van der Waals surface area contributed by atoms with Crippen molar-refractivity contribution in [3.8, 4) is 5.75 Å². The van der Waals surface area contributed by atoms with E-state index in [1.165, 1.54) is 5.56 Å². The largest absolute Gasteiger partial charge is 0.471 e. The van der Waals surface area contributed by atoms with Crippen molar-refractivity contribution in [2.45, 2.75) is 46.0 Å². The van der Waals surface area contributed by atoms with Crippen LogP contribution in [0.3, 0.4) is 0 Å². The lowest BCUT2D eigenvalue weighted by Gasteiger charge is -2.26. The molecule has 0 bridgehead atoms. The summed E-state index contributed by atoms with van der Waals surface area (Å²) in [7, 11) is 0. The van der Waals surface area contributed by atoms with Gasteiger partial charge in [0.25, 0.3) is 0 Å². The Morgan fingerprint density at radius 2 is 1.30 bits per heavy atom. The van der Waals surface area contributed by atoms with Crippen molar-refractivity contribution >= 4 is 6.03 Å². The molecule has 1 N–H and O–H groups in total. The minimum absolute atomic E-state index is 0.158. The summed E-state index contributed by atoms with van der Waals surface area (Å²) in [6, 6.07) is 27.9. The second kappa shape index (κ2) is 10.5. The van der Waals surface area contributed by atoms with E-state index in [0.29, 0.717) is 19.0 Å². The maximum Gasteiger partial charge on any atom is 0.320 e. The highest BCUT2D eigenvalue weighted by Crippen LogP contribution is 2.19. The first kappa shape index (κ1) is 21.4. The second-order valence-corrected chi connectivity index (χ2v) is 7.76. The third-order valence-corrected chi connectivity index (χ3v) is 4.91. The molecule has 30 heavy (non-hydrogen) atoms. The molecule has 0 aromatic heterocycles. The highest BCUT2D eigenvalue weighted by Gasteiger charge is 2.17. The van der Waals surface area contributed by atoms with Gasteiger partial charge in [0.1, 0.15) is 5.75 Å². The molecule has 0 saturated carbocycles. The average Bonchev–Trinajstić information content (AvgIpc) is 2.75. The van der Waals surface area contributed by atoms with Gasteiger partial charge in [-0.2, -0.15) is 0 Å². The van der Waals surface area contributed by atoms with Gasteiger partial charge in [-0.15, -0.1) is 0 Å². The minimum Gasteiger partial charge on any atom is -0.471 e. The predicted molar refractivity (Wildman–Crippen MR) is 121 cm³/mol. The molecule has 0 aliphatic rings. The van der Waals surface area contributed by atoms with Crippen molar-refractivity contribution in [3.05, 3.63) is 102 Å². The van der Waals surface area contributed by atoms with Crippen LogP contribution < -0.4 is 10.1 Å². The Hall–Kier alpha value is -3.27. The summed E-state index contributed by atoms with van der Waals surface area (Å²) in [4.78, 5) is 14.8. The van der Waals surface area contributed by atoms with Gasteiger partial charge in [-0.1, -0.05) is 86.6 Å². The fraction of sp³-hybridized carbons (Fsp3) is 0.269. The molecule has 0 radical (unpaired) electrons. The number of rotatable bonds is 8. The number of nitrogens with one attached hydrogen (secondary N) is 1. The lowest BCUT2D eigenvalue weighted by Crippen LogP contribution is -2.45. The molecule has 3 aromatic rings. The third kappa shape index (κ3) is 6.38. The van der Waals surface area contributed by atoms with Gasteiger partial charge in [0.05, 0.1) is 0 Å². The van der Waals surface area contributed by atoms with E-state index in [-0.39, 0.29) is 6.03 Å². The Kier molecular flexibility index (Phi) is 7.50. The standard InChI is InChI=1S/C26H30N2O2/c1-20(2)24-14-16-25(17-15-24)30-21(3)27-26(29)28(18-22-10-6-4-7-11-22)19-23-12-8-5-9-13-23/h4-17,20-21H,18-19H2,1-3H3,(H,27,29). The topological polar surface area (TPSA) is 41.6 Å². The van der Waals surface area contributed by atoms with Crippen molar-refractivity contribution in [1.82, 2.24) is 10.2 Å². The van der Waals surface area contributed by atoms with Crippen LogP contribution in [0.2, 0.25) is 0 Å². The van der Waals surface area contributed by atoms with Crippen molar-refractivity contribution in [2.24, 2.45) is 0 Å². The third-order valence-electron chi connectivity index (χ3n) is 4.91. The normalized spacial score (nSPS) is 11.7. The molecule has 1 atom stereocenters. The van der Waals surface area contributed by atoms with Gasteiger partial charge in [-0.3, -0.25) is 0 Å². The van der Waals surface area contributed by atoms with Crippen LogP contribution in [0.1, 0.15) is 43.4 Å². The van der Waals surface area contributed by atoms with Crippen LogP contribution in [0, 0.1) is 0 Å². The van der Waals surface area contributed by atoms with Crippen molar-refractivity contribution in [1.29, 1.82) is 0 Å². The molecule has 4 heteroatoms. The Balaban J connectivity index is 1.65. The number of urea groups is 1. The van der Waals surface area contributed by atoms with Crippen LogP contribution in [0.5, 0.6) is 5.75 Å². The first-order valence-corrected chi connectivity index (χ1v) is 10.4. The van der Waals surface area contributed by atoms with E-state index >= 15 is 0 Å². The van der Waals surface area contributed by atoms with Gasteiger partial charge in [0, 0.05) is 13.1 Å². The zero-order valence-corrected chi connectivity index (χ0v) is 17.9. The Morgan fingerprint density at radius 3 is 1.77 bits per heavy atom. The van der Waals surface area contributed by atoms with E-state index < -0.39 is 6.23 Å². The fourth-order valence-corrected chi connectivity index (χ4v) is 3.24. The smallest absolute Gasteiger partial charge is 0.320 e. The van der Waals surface area contributed by atoms with E-state index in [2.05, 4.69) is 31.3 Å². The average molecular weight is 403 g/mol. The number of ether oxygens (including phenoxy) is 1. The maximum absolute atomic E-state index is 13.0. The van der Waals surface area contributed by atoms with Gasteiger partial charge in [0.2, 0.25) is 0 Å². The van der Waals surface area contributed by atoms with Crippen LogP contribution in [0.4, 0.5) is 4.79 Å². The second-order valence-electron chi connectivity index (χ2n) is 7.76. The molecule has 4 nitrogen and oxygen atoms in total. The predicted octanol–water partition coefficient (Wildman–Crippen LogP) is 5.95. The van der Waals surface area contributed by atoms with Gasteiger partial charge in [-0.25, -0.2) is 4.79 Å². The number of hydrogen-bond donors (Lipinski definition) is 1. The highest BCUT2D eigenvalue weighted by molar-refractivity contribution is 5.74. The SMILES string of the molecule is CC(NC(=O)N(Cc1ccccc1)Cc1ccccc1)Oc1ccc(C(C)C)cc1. The summed E-state index contributed by atoms with van der Waals surface area (Å²) >= 11 is 0. The molecule has 3 aromatic carbocycles. The first-order valence-electron chi connectivity index (χ1n) is 10.4. The number of amides is 2. The van der Waals surface area contributed by atoms with Crippen LogP contribution in [0.25, 0.3) is 0 Å². The minimum atomic E-state index is -0.448. The van der Waals surface area contributed by atoms with Crippen LogP contribution in [-0.4, -0.2) is 17.2 Å². The lowest BCUT2D eigenvalue weighted by molar-refractivity contribution is 0.149.